The molecule has 0 saturated heterocycles. The molecule has 1 aromatic carbocycles. The van der Waals surface area contributed by atoms with Gasteiger partial charge in [-0.2, -0.15) is 0 Å². The Morgan fingerprint density at radius 3 is 2.67 bits per heavy atom. The van der Waals surface area contributed by atoms with Gasteiger partial charge < -0.3 is 4.90 Å². The Hall–Kier alpha value is -2.31. The third-order valence-corrected chi connectivity index (χ3v) is 5.59. The molecule has 0 aliphatic rings. The fourth-order valence-corrected chi connectivity index (χ4v) is 4.37. The molecule has 0 unspecified atom stereocenters. The van der Waals surface area contributed by atoms with Crippen LogP contribution in [0.25, 0.3) is 21.3 Å². The van der Waals surface area contributed by atoms with Crippen LogP contribution in [0.5, 0.6) is 0 Å². The van der Waals surface area contributed by atoms with E-state index in [0.29, 0.717) is 0 Å². The van der Waals surface area contributed by atoms with Gasteiger partial charge in [-0.1, -0.05) is 18.2 Å². The van der Waals surface area contributed by atoms with Gasteiger partial charge in [0.05, 0.1) is 11.9 Å². The monoisotopic (exact) mass is 355 g/mol. The number of benzene rings is 1. The first-order valence-corrected chi connectivity index (χ1v) is 9.20. The van der Waals surface area contributed by atoms with Crippen LogP contribution >= 0.6 is 22.7 Å². The lowest BCUT2D eigenvalue weighted by Gasteiger charge is -2.18. The van der Waals surface area contributed by atoms with Crippen molar-refractivity contribution in [2.75, 3.05) is 11.9 Å². The molecule has 0 aliphatic heterocycles. The number of hydrogen-bond donors (Lipinski definition) is 0. The maximum atomic E-state index is 13.2. The Kier molecular flexibility index (Phi) is 4.00. The van der Waals surface area contributed by atoms with Gasteiger partial charge in [-0.3, -0.25) is 0 Å². The average molecular weight is 355 g/mol. The highest BCUT2D eigenvalue weighted by Crippen LogP contribution is 2.37. The van der Waals surface area contributed by atoms with Crippen LogP contribution in [0, 0.1) is 5.82 Å². The maximum Gasteiger partial charge on any atom is 0.141 e. The average Bonchev–Trinajstić information content (AvgIpc) is 3.24. The van der Waals surface area contributed by atoms with Crippen molar-refractivity contribution >= 4 is 38.7 Å². The van der Waals surface area contributed by atoms with Gasteiger partial charge in [-0.05, 0) is 29.1 Å². The van der Waals surface area contributed by atoms with Gasteiger partial charge >= 0.3 is 0 Å². The van der Waals surface area contributed by atoms with Gasteiger partial charge in [0, 0.05) is 22.9 Å². The molecule has 0 saturated carbocycles. The van der Waals surface area contributed by atoms with Crippen molar-refractivity contribution < 1.29 is 4.39 Å². The fraction of sp³-hybridized carbons (Fsp3) is 0.111. The maximum absolute atomic E-state index is 13.2. The third-order valence-electron chi connectivity index (χ3n) is 3.84. The van der Waals surface area contributed by atoms with Crippen molar-refractivity contribution in [3.63, 3.8) is 0 Å². The zero-order valence-corrected chi connectivity index (χ0v) is 14.6. The number of aromatic nitrogens is 2. The first-order chi connectivity index (χ1) is 11.7. The topological polar surface area (TPSA) is 29.0 Å². The minimum atomic E-state index is -0.232. The molecule has 3 aromatic heterocycles. The van der Waals surface area contributed by atoms with Crippen LogP contribution in [0.2, 0.25) is 0 Å². The molecule has 24 heavy (non-hydrogen) atoms. The van der Waals surface area contributed by atoms with Gasteiger partial charge in [0.1, 0.15) is 22.8 Å². The molecule has 0 spiro atoms. The lowest BCUT2D eigenvalue weighted by Crippen LogP contribution is -2.17. The first-order valence-electron chi connectivity index (χ1n) is 7.44. The Morgan fingerprint density at radius 1 is 1.08 bits per heavy atom. The van der Waals surface area contributed by atoms with E-state index in [4.69, 9.17) is 0 Å². The van der Waals surface area contributed by atoms with Crippen LogP contribution in [-0.2, 0) is 6.54 Å². The van der Waals surface area contributed by atoms with Crippen LogP contribution < -0.4 is 4.90 Å². The summed E-state index contributed by atoms with van der Waals surface area (Å²) in [5.41, 5.74) is 2.02. The molecule has 0 aliphatic carbocycles. The molecule has 0 N–H and O–H groups in total. The quantitative estimate of drug-likeness (QED) is 0.504. The molecule has 0 bridgehead atoms. The van der Waals surface area contributed by atoms with Crippen LogP contribution in [0.15, 0.2) is 53.5 Å². The second-order valence-corrected chi connectivity index (χ2v) is 7.36. The minimum Gasteiger partial charge on any atom is -0.354 e. The van der Waals surface area contributed by atoms with Gasteiger partial charge in [-0.25, -0.2) is 14.4 Å². The highest BCUT2D eigenvalue weighted by Gasteiger charge is 2.16. The van der Waals surface area contributed by atoms with Gasteiger partial charge in [0.25, 0.3) is 0 Å². The molecule has 0 fully saturated rings. The van der Waals surface area contributed by atoms with Crippen molar-refractivity contribution in [1.29, 1.82) is 0 Å². The van der Waals surface area contributed by atoms with E-state index in [9.17, 15) is 4.39 Å². The number of hydrogen-bond acceptors (Lipinski definition) is 5. The zero-order chi connectivity index (χ0) is 16.5. The summed E-state index contributed by atoms with van der Waals surface area (Å²) < 4.78 is 13.2. The van der Waals surface area contributed by atoms with Gasteiger partial charge in [0.15, 0.2) is 0 Å². The first kappa shape index (κ1) is 15.2. The molecule has 3 heterocycles. The summed E-state index contributed by atoms with van der Waals surface area (Å²) in [6.45, 7) is 0.794. The molecule has 6 heteroatoms. The summed E-state index contributed by atoms with van der Waals surface area (Å²) >= 11 is 3.32. The second-order valence-electron chi connectivity index (χ2n) is 5.47. The van der Waals surface area contributed by atoms with E-state index >= 15 is 0 Å². The predicted molar refractivity (Wildman–Crippen MR) is 99.2 cm³/mol. The van der Waals surface area contributed by atoms with Crippen LogP contribution in [0.3, 0.4) is 0 Å². The number of thiophene rings is 2. The number of halogens is 1. The van der Waals surface area contributed by atoms with E-state index in [2.05, 4.69) is 37.8 Å². The van der Waals surface area contributed by atoms with Crippen molar-refractivity contribution in [2.24, 2.45) is 0 Å². The van der Waals surface area contributed by atoms with Gasteiger partial charge in [0.2, 0.25) is 0 Å². The normalized spacial score (nSPS) is 11.1. The van der Waals surface area contributed by atoms with E-state index in [-0.39, 0.29) is 5.82 Å². The SMILES string of the molecule is CN(Cc1cccs1)c1ncnc2scc(-c3ccc(F)cc3)c12. The molecule has 4 aromatic rings. The number of anilines is 1. The Morgan fingerprint density at radius 2 is 1.92 bits per heavy atom. The van der Waals surface area contributed by atoms with E-state index in [1.54, 1.807) is 41.1 Å². The van der Waals surface area contributed by atoms with Crippen LogP contribution in [0.4, 0.5) is 10.2 Å². The standard InChI is InChI=1S/C18H14FN3S2/c1-22(9-14-3-2-8-23-14)17-16-15(10-24-18(16)21-11-20-17)12-4-6-13(19)7-5-12/h2-8,10-11H,9H2,1H3. The molecular weight excluding hydrogens is 341 g/mol. The lowest BCUT2D eigenvalue weighted by molar-refractivity contribution is 0.628. The van der Waals surface area contributed by atoms with Crippen molar-refractivity contribution in [3.05, 3.63) is 64.2 Å². The molecule has 0 amide bonds. The van der Waals surface area contributed by atoms with Crippen molar-refractivity contribution in [1.82, 2.24) is 9.97 Å². The van der Waals surface area contributed by atoms with Crippen molar-refractivity contribution in [3.8, 4) is 11.1 Å². The second kappa shape index (κ2) is 6.30. The summed E-state index contributed by atoms with van der Waals surface area (Å²) in [5.74, 6) is 0.665. The molecule has 120 valence electrons. The summed E-state index contributed by atoms with van der Waals surface area (Å²) in [7, 11) is 2.04. The Balaban J connectivity index is 1.81. The smallest absolute Gasteiger partial charge is 0.141 e. The lowest BCUT2D eigenvalue weighted by atomic mass is 10.1. The molecule has 3 nitrogen and oxygen atoms in total. The number of nitrogens with zero attached hydrogens (tertiary/aromatic N) is 3. The summed E-state index contributed by atoms with van der Waals surface area (Å²) in [4.78, 5) is 13.3. The van der Waals surface area contributed by atoms with Crippen molar-refractivity contribution in [2.45, 2.75) is 6.54 Å². The summed E-state index contributed by atoms with van der Waals surface area (Å²) in [6.07, 6.45) is 1.60. The minimum absolute atomic E-state index is 0.232. The van der Waals surface area contributed by atoms with Crippen LogP contribution in [0.1, 0.15) is 4.88 Å². The predicted octanol–water partition coefficient (Wildman–Crippen LogP) is 5.20. The van der Waals surface area contributed by atoms with E-state index < -0.39 is 0 Å². The van der Waals surface area contributed by atoms with Gasteiger partial charge in [-0.15, -0.1) is 22.7 Å². The highest BCUT2D eigenvalue weighted by molar-refractivity contribution is 7.17. The van der Waals surface area contributed by atoms with E-state index in [1.165, 1.54) is 17.0 Å². The zero-order valence-electron chi connectivity index (χ0n) is 12.9. The fourth-order valence-electron chi connectivity index (χ4n) is 2.70. The largest absolute Gasteiger partial charge is 0.354 e. The summed E-state index contributed by atoms with van der Waals surface area (Å²) in [5, 5.41) is 5.16. The van der Waals surface area contributed by atoms with Crippen LogP contribution in [-0.4, -0.2) is 17.0 Å². The van der Waals surface area contributed by atoms with E-state index in [1.807, 2.05) is 7.05 Å². The Bertz CT molecular complexity index is 962. The molecule has 0 atom stereocenters. The highest BCUT2D eigenvalue weighted by atomic mass is 32.1. The third kappa shape index (κ3) is 2.79. The number of rotatable bonds is 4. The molecule has 0 radical (unpaired) electrons. The Labute approximate surface area is 147 Å². The summed E-state index contributed by atoms with van der Waals surface area (Å²) in [6, 6.07) is 10.7. The molecular formula is C18H14FN3S2. The van der Waals surface area contributed by atoms with E-state index in [0.717, 1.165) is 33.7 Å². The number of fused-ring (bicyclic) bond motifs is 1. The molecule has 4 rings (SSSR count).